The van der Waals surface area contributed by atoms with Gasteiger partial charge in [-0.15, -0.1) is 0 Å². The number of benzene rings is 2. The van der Waals surface area contributed by atoms with Crippen molar-refractivity contribution in [1.82, 2.24) is 0 Å². The van der Waals surface area contributed by atoms with Crippen LogP contribution >= 0.6 is 0 Å². The van der Waals surface area contributed by atoms with Gasteiger partial charge < -0.3 is 10.6 Å². The zero-order chi connectivity index (χ0) is 14.2. The van der Waals surface area contributed by atoms with Crippen LogP contribution in [0.25, 0.3) is 0 Å². The number of nitrogens with one attached hydrogen (secondary N) is 2. The molecule has 0 spiro atoms. The minimum absolute atomic E-state index is 0.0302. The van der Waals surface area contributed by atoms with E-state index < -0.39 is 0 Å². The third-order valence-corrected chi connectivity index (χ3v) is 2.75. The van der Waals surface area contributed by atoms with Crippen molar-refractivity contribution < 1.29 is 4.79 Å². The number of rotatable bonds is 5. The van der Waals surface area contributed by atoms with Crippen molar-refractivity contribution in [2.24, 2.45) is 0 Å². The van der Waals surface area contributed by atoms with Gasteiger partial charge in [-0.2, -0.15) is 5.26 Å². The van der Waals surface area contributed by atoms with Crippen molar-refractivity contribution in [3.8, 4) is 6.07 Å². The molecule has 2 aromatic rings. The zero-order valence-electron chi connectivity index (χ0n) is 11.0. The fraction of sp³-hybridized carbons (Fsp3) is 0.125. The standard InChI is InChI=1S/C16H15N3O/c17-12-13-6-8-14(9-7-13)18-11-10-16(20)19-15-4-2-1-3-5-15/h1-9,18H,10-11H2,(H,19,20). The Morgan fingerprint density at radius 2 is 1.70 bits per heavy atom. The summed E-state index contributed by atoms with van der Waals surface area (Å²) < 4.78 is 0. The summed E-state index contributed by atoms with van der Waals surface area (Å²) in [6.45, 7) is 0.546. The molecular weight excluding hydrogens is 250 g/mol. The average Bonchev–Trinajstić information content (AvgIpc) is 2.49. The van der Waals surface area contributed by atoms with Gasteiger partial charge in [0.05, 0.1) is 11.6 Å². The molecule has 0 aromatic heterocycles. The Hall–Kier alpha value is -2.80. The lowest BCUT2D eigenvalue weighted by atomic mass is 10.2. The first-order valence-electron chi connectivity index (χ1n) is 6.37. The van der Waals surface area contributed by atoms with Gasteiger partial charge in [0, 0.05) is 24.3 Å². The number of carbonyl (C=O) groups excluding carboxylic acids is 1. The molecule has 0 aliphatic carbocycles. The Morgan fingerprint density at radius 3 is 2.35 bits per heavy atom. The number of hydrogen-bond donors (Lipinski definition) is 2. The van der Waals surface area contributed by atoms with Gasteiger partial charge in [0.25, 0.3) is 0 Å². The number of amides is 1. The minimum Gasteiger partial charge on any atom is -0.385 e. The van der Waals surface area contributed by atoms with E-state index in [0.717, 1.165) is 11.4 Å². The van der Waals surface area contributed by atoms with E-state index in [2.05, 4.69) is 16.7 Å². The summed E-state index contributed by atoms with van der Waals surface area (Å²) >= 11 is 0. The highest BCUT2D eigenvalue weighted by Gasteiger charge is 2.01. The van der Waals surface area contributed by atoms with Crippen molar-refractivity contribution >= 4 is 17.3 Å². The van der Waals surface area contributed by atoms with E-state index in [4.69, 9.17) is 5.26 Å². The largest absolute Gasteiger partial charge is 0.385 e. The number of nitrogens with zero attached hydrogens (tertiary/aromatic N) is 1. The highest BCUT2D eigenvalue weighted by atomic mass is 16.1. The van der Waals surface area contributed by atoms with Crippen LogP contribution in [0.2, 0.25) is 0 Å². The molecule has 0 aliphatic heterocycles. The quantitative estimate of drug-likeness (QED) is 0.873. The molecule has 100 valence electrons. The van der Waals surface area contributed by atoms with Crippen molar-refractivity contribution in [2.75, 3.05) is 17.2 Å². The van der Waals surface area contributed by atoms with Gasteiger partial charge in [-0.3, -0.25) is 4.79 Å². The number of hydrogen-bond acceptors (Lipinski definition) is 3. The fourth-order valence-electron chi connectivity index (χ4n) is 1.73. The molecule has 2 N–H and O–H groups in total. The molecule has 0 heterocycles. The number of anilines is 2. The van der Waals surface area contributed by atoms with Crippen LogP contribution < -0.4 is 10.6 Å². The van der Waals surface area contributed by atoms with Crippen LogP contribution in [-0.4, -0.2) is 12.5 Å². The highest BCUT2D eigenvalue weighted by Crippen LogP contribution is 2.09. The van der Waals surface area contributed by atoms with Crippen molar-refractivity contribution in [3.05, 3.63) is 60.2 Å². The zero-order valence-corrected chi connectivity index (χ0v) is 11.0. The molecular formula is C16H15N3O. The second-order valence-electron chi connectivity index (χ2n) is 4.28. The van der Waals surface area contributed by atoms with Crippen LogP contribution in [0, 0.1) is 11.3 Å². The molecule has 0 fully saturated rings. The molecule has 0 saturated carbocycles. The molecule has 0 atom stereocenters. The van der Waals surface area contributed by atoms with Crippen LogP contribution in [0.15, 0.2) is 54.6 Å². The summed E-state index contributed by atoms with van der Waals surface area (Å²) in [7, 11) is 0. The second kappa shape index (κ2) is 6.95. The fourth-order valence-corrected chi connectivity index (χ4v) is 1.73. The number of para-hydroxylation sites is 1. The maximum Gasteiger partial charge on any atom is 0.226 e. The maximum atomic E-state index is 11.7. The van der Waals surface area contributed by atoms with Gasteiger partial charge in [0.2, 0.25) is 5.91 Å². The first kappa shape index (κ1) is 13.6. The molecule has 0 aliphatic rings. The minimum atomic E-state index is -0.0302. The van der Waals surface area contributed by atoms with Crippen molar-refractivity contribution in [2.45, 2.75) is 6.42 Å². The third-order valence-electron chi connectivity index (χ3n) is 2.75. The Kier molecular flexibility index (Phi) is 4.74. The summed E-state index contributed by atoms with van der Waals surface area (Å²) in [5, 5.41) is 14.7. The average molecular weight is 265 g/mol. The smallest absolute Gasteiger partial charge is 0.226 e. The normalized spacial score (nSPS) is 9.55. The molecule has 2 rings (SSSR count). The summed E-state index contributed by atoms with van der Waals surface area (Å²) in [4.78, 5) is 11.7. The van der Waals surface area contributed by atoms with Gasteiger partial charge >= 0.3 is 0 Å². The van der Waals surface area contributed by atoms with Gasteiger partial charge in [-0.25, -0.2) is 0 Å². The van der Waals surface area contributed by atoms with Crippen LogP contribution in [-0.2, 0) is 4.79 Å². The third kappa shape index (κ3) is 4.14. The predicted molar refractivity (Wildman–Crippen MR) is 79.3 cm³/mol. The lowest BCUT2D eigenvalue weighted by molar-refractivity contribution is -0.115. The van der Waals surface area contributed by atoms with Crippen molar-refractivity contribution in [3.63, 3.8) is 0 Å². The molecule has 0 bridgehead atoms. The Labute approximate surface area is 118 Å². The Morgan fingerprint density at radius 1 is 1.00 bits per heavy atom. The molecule has 1 amide bonds. The van der Waals surface area contributed by atoms with Gasteiger partial charge in [-0.05, 0) is 36.4 Å². The second-order valence-corrected chi connectivity index (χ2v) is 4.28. The van der Waals surface area contributed by atoms with E-state index in [-0.39, 0.29) is 5.91 Å². The molecule has 20 heavy (non-hydrogen) atoms. The van der Waals surface area contributed by atoms with E-state index in [0.29, 0.717) is 18.5 Å². The van der Waals surface area contributed by atoms with E-state index in [1.807, 2.05) is 42.5 Å². The summed E-state index contributed by atoms with van der Waals surface area (Å²) in [6, 6.07) is 18.6. The summed E-state index contributed by atoms with van der Waals surface area (Å²) in [6.07, 6.45) is 0.384. The maximum absolute atomic E-state index is 11.7. The topological polar surface area (TPSA) is 64.9 Å². The van der Waals surface area contributed by atoms with Gasteiger partial charge in [0.15, 0.2) is 0 Å². The molecule has 4 heteroatoms. The van der Waals surface area contributed by atoms with Gasteiger partial charge in [0.1, 0.15) is 0 Å². The first-order valence-corrected chi connectivity index (χ1v) is 6.37. The van der Waals surface area contributed by atoms with Gasteiger partial charge in [-0.1, -0.05) is 18.2 Å². The molecule has 0 radical (unpaired) electrons. The van der Waals surface area contributed by atoms with Crippen LogP contribution in [0.5, 0.6) is 0 Å². The SMILES string of the molecule is N#Cc1ccc(NCCC(=O)Nc2ccccc2)cc1. The number of carbonyl (C=O) groups is 1. The number of nitriles is 1. The van der Waals surface area contributed by atoms with E-state index in [1.54, 1.807) is 12.1 Å². The highest BCUT2D eigenvalue weighted by molar-refractivity contribution is 5.90. The monoisotopic (exact) mass is 265 g/mol. The Balaban J connectivity index is 1.75. The van der Waals surface area contributed by atoms with E-state index in [1.165, 1.54) is 0 Å². The molecule has 4 nitrogen and oxygen atoms in total. The molecule has 0 saturated heterocycles. The molecule has 2 aromatic carbocycles. The van der Waals surface area contributed by atoms with Crippen LogP contribution in [0.1, 0.15) is 12.0 Å². The Bertz CT molecular complexity index is 600. The molecule has 0 unspecified atom stereocenters. The van der Waals surface area contributed by atoms with E-state index >= 15 is 0 Å². The predicted octanol–water partition coefficient (Wildman–Crippen LogP) is 3.00. The van der Waals surface area contributed by atoms with Crippen LogP contribution in [0.4, 0.5) is 11.4 Å². The van der Waals surface area contributed by atoms with Crippen LogP contribution in [0.3, 0.4) is 0 Å². The first-order chi connectivity index (χ1) is 9.78. The summed E-state index contributed by atoms with van der Waals surface area (Å²) in [5.41, 5.74) is 2.32. The summed E-state index contributed by atoms with van der Waals surface area (Å²) in [5.74, 6) is -0.0302. The van der Waals surface area contributed by atoms with E-state index in [9.17, 15) is 4.79 Å². The van der Waals surface area contributed by atoms with Crippen molar-refractivity contribution in [1.29, 1.82) is 5.26 Å². The lowest BCUT2D eigenvalue weighted by Gasteiger charge is -2.07. The lowest BCUT2D eigenvalue weighted by Crippen LogP contribution is -2.16.